The fraction of sp³-hybridized carbons (Fsp3) is 0.312. The zero-order valence-electron chi connectivity index (χ0n) is 12.7. The molecule has 0 radical (unpaired) electrons. The summed E-state index contributed by atoms with van der Waals surface area (Å²) in [4.78, 5) is 2.80. The van der Waals surface area contributed by atoms with Gasteiger partial charge in [-0.15, -0.1) is 5.10 Å². The SMILES string of the molecule is Cc1ccc(S(=O)(=O)N/[NH+]=C2\C3C=CC4C(C=C3)C24)cc1.[Na+]. The first-order valence-corrected chi connectivity index (χ1v) is 8.62. The molecule has 1 aromatic carbocycles. The number of nitrogens with one attached hydrogen (secondary N) is 2. The molecule has 1 aromatic rings. The van der Waals surface area contributed by atoms with Crippen molar-refractivity contribution in [1.29, 1.82) is 0 Å². The van der Waals surface area contributed by atoms with Crippen molar-refractivity contribution in [3.8, 4) is 0 Å². The molecule has 22 heavy (non-hydrogen) atoms. The molecule has 0 spiro atoms. The maximum Gasteiger partial charge on any atom is 1.00 e. The molecule has 6 heteroatoms. The van der Waals surface area contributed by atoms with Crippen LogP contribution in [0, 0.1) is 30.6 Å². The second kappa shape index (κ2) is 5.64. The Kier molecular flexibility index (Phi) is 4.10. The van der Waals surface area contributed by atoms with Gasteiger partial charge in [0, 0.05) is 0 Å². The molecule has 1 fully saturated rings. The number of hydrogen-bond donors (Lipinski definition) is 2. The first-order chi connectivity index (χ1) is 10.1. The second-order valence-corrected chi connectivity index (χ2v) is 7.66. The quantitative estimate of drug-likeness (QED) is 0.362. The van der Waals surface area contributed by atoms with Gasteiger partial charge in [0.1, 0.15) is 0 Å². The fourth-order valence-electron chi connectivity index (χ4n) is 3.33. The number of sulfonamides is 1. The molecule has 2 bridgehead atoms. The maximum absolute atomic E-state index is 12.3. The van der Waals surface area contributed by atoms with Crippen LogP contribution in [-0.2, 0) is 10.0 Å². The van der Waals surface area contributed by atoms with Crippen LogP contribution in [0.1, 0.15) is 5.56 Å². The van der Waals surface area contributed by atoms with E-state index in [0.29, 0.717) is 17.8 Å². The van der Waals surface area contributed by atoms with Crippen molar-refractivity contribution in [3.63, 3.8) is 0 Å². The summed E-state index contributed by atoms with van der Waals surface area (Å²) < 4.78 is 24.6. The van der Waals surface area contributed by atoms with Gasteiger partial charge >= 0.3 is 39.6 Å². The van der Waals surface area contributed by atoms with Crippen LogP contribution >= 0.6 is 0 Å². The zero-order chi connectivity index (χ0) is 14.6. The molecule has 2 N–H and O–H groups in total. The Morgan fingerprint density at radius 1 is 1.00 bits per heavy atom. The summed E-state index contributed by atoms with van der Waals surface area (Å²) in [5.41, 5.74) is 2.11. The number of hydrazone groups is 1. The van der Waals surface area contributed by atoms with Gasteiger partial charge in [-0.3, -0.25) is 0 Å². The summed E-state index contributed by atoms with van der Waals surface area (Å²) >= 11 is 0. The molecular weight excluding hydrogens is 307 g/mol. The number of benzene rings is 1. The van der Waals surface area contributed by atoms with Crippen LogP contribution in [0.5, 0.6) is 0 Å². The van der Waals surface area contributed by atoms with Crippen molar-refractivity contribution in [3.05, 3.63) is 54.1 Å². The molecular formula is C16H17N2NaO2S+2. The van der Waals surface area contributed by atoms with Crippen molar-refractivity contribution in [1.82, 2.24) is 4.83 Å². The molecule has 108 valence electrons. The van der Waals surface area contributed by atoms with Crippen molar-refractivity contribution in [2.24, 2.45) is 23.7 Å². The third-order valence-corrected chi connectivity index (χ3v) is 5.86. The maximum atomic E-state index is 12.3. The van der Waals surface area contributed by atoms with Crippen molar-refractivity contribution < 1.29 is 43.1 Å². The number of aryl methyl sites for hydroxylation is 1. The Morgan fingerprint density at radius 3 is 2.18 bits per heavy atom. The van der Waals surface area contributed by atoms with E-state index in [4.69, 9.17) is 0 Å². The minimum atomic E-state index is -3.53. The summed E-state index contributed by atoms with van der Waals surface area (Å²) in [6.07, 6.45) is 8.79. The first kappa shape index (κ1) is 16.0. The molecule has 0 aliphatic heterocycles. The average molecular weight is 324 g/mol. The van der Waals surface area contributed by atoms with Crippen LogP contribution < -0.4 is 39.5 Å². The van der Waals surface area contributed by atoms with Crippen LogP contribution in [0.2, 0.25) is 0 Å². The summed E-state index contributed by atoms with van der Waals surface area (Å²) in [6.45, 7) is 1.93. The fourth-order valence-corrected chi connectivity index (χ4v) is 4.19. The van der Waals surface area contributed by atoms with E-state index >= 15 is 0 Å². The molecule has 2 atom stereocenters. The van der Waals surface area contributed by atoms with E-state index in [1.807, 2.05) is 6.92 Å². The third-order valence-electron chi connectivity index (χ3n) is 4.59. The zero-order valence-corrected chi connectivity index (χ0v) is 15.5. The molecule has 3 aliphatic rings. The number of fused-ring (bicyclic) bond motifs is 2. The van der Waals surface area contributed by atoms with E-state index in [0.717, 1.165) is 11.3 Å². The topological polar surface area (TPSA) is 60.1 Å². The predicted octanol–water partition coefficient (Wildman–Crippen LogP) is -2.67. The van der Waals surface area contributed by atoms with Crippen LogP contribution in [0.15, 0.2) is 53.5 Å². The molecule has 1 saturated carbocycles. The Labute approximate surface area is 152 Å². The summed E-state index contributed by atoms with van der Waals surface area (Å²) in [6, 6.07) is 6.84. The summed E-state index contributed by atoms with van der Waals surface area (Å²) in [5.74, 6) is 1.74. The molecule has 4 rings (SSSR count). The van der Waals surface area contributed by atoms with Gasteiger partial charge in [-0.2, -0.15) is 8.42 Å². The Hall–Kier alpha value is -0.880. The van der Waals surface area contributed by atoms with Crippen molar-refractivity contribution in [2.75, 3.05) is 0 Å². The van der Waals surface area contributed by atoms with Gasteiger partial charge in [0.05, 0.1) is 16.7 Å². The van der Waals surface area contributed by atoms with Gasteiger partial charge < -0.3 is 0 Å². The van der Waals surface area contributed by atoms with Crippen LogP contribution in [-0.4, -0.2) is 14.1 Å². The standard InChI is InChI=1S/C16H16N2O2S.Na/c1-10-2-6-12(7-3-10)21(19,20)18-17-16-11-4-8-13-14(9-5-11)15(13)16;/h2-9,11,13-15,18H,1H3;/q;+1/p+1/b17-16+;. The molecule has 0 saturated heterocycles. The van der Waals surface area contributed by atoms with E-state index in [2.05, 4.69) is 34.2 Å². The number of hydrazine groups is 1. The van der Waals surface area contributed by atoms with Gasteiger partial charge in [-0.25, -0.2) is 0 Å². The minimum Gasteiger partial charge on any atom is -0.197 e. The van der Waals surface area contributed by atoms with E-state index in [-0.39, 0.29) is 40.4 Å². The monoisotopic (exact) mass is 324 g/mol. The van der Waals surface area contributed by atoms with E-state index < -0.39 is 10.0 Å². The Morgan fingerprint density at radius 2 is 1.59 bits per heavy atom. The first-order valence-electron chi connectivity index (χ1n) is 7.14. The van der Waals surface area contributed by atoms with E-state index in [9.17, 15) is 8.42 Å². The van der Waals surface area contributed by atoms with Gasteiger partial charge in [-0.1, -0.05) is 46.8 Å². The molecule has 0 amide bonds. The third kappa shape index (κ3) is 2.60. The van der Waals surface area contributed by atoms with E-state index in [1.165, 1.54) is 0 Å². The second-order valence-electron chi connectivity index (χ2n) is 5.97. The van der Waals surface area contributed by atoms with Crippen molar-refractivity contribution >= 4 is 15.7 Å². The van der Waals surface area contributed by atoms with Gasteiger partial charge in [0.15, 0.2) is 5.71 Å². The van der Waals surface area contributed by atoms with Gasteiger partial charge in [0.25, 0.3) is 0 Å². The van der Waals surface area contributed by atoms with Crippen molar-refractivity contribution in [2.45, 2.75) is 11.8 Å². The van der Waals surface area contributed by atoms with Crippen LogP contribution in [0.4, 0.5) is 0 Å². The predicted molar refractivity (Wildman–Crippen MR) is 79.7 cm³/mol. The van der Waals surface area contributed by atoms with E-state index in [1.54, 1.807) is 24.3 Å². The molecule has 0 heterocycles. The normalized spacial score (nSPS) is 32.5. The smallest absolute Gasteiger partial charge is 0.197 e. The largest absolute Gasteiger partial charge is 1.00 e. The molecule has 2 unspecified atom stereocenters. The Bertz CT molecular complexity index is 761. The van der Waals surface area contributed by atoms with Crippen LogP contribution in [0.3, 0.4) is 0 Å². The molecule has 3 aliphatic carbocycles. The van der Waals surface area contributed by atoms with Gasteiger partial charge in [0.2, 0.25) is 0 Å². The number of rotatable bonds is 3. The minimum absolute atomic E-state index is 0. The number of hydrogen-bond acceptors (Lipinski definition) is 2. The summed E-state index contributed by atoms with van der Waals surface area (Å²) in [5, 5.41) is 2.97. The average Bonchev–Trinajstić information content (AvgIpc) is 3.22. The number of allylic oxidation sites excluding steroid dienone is 4. The molecule has 4 nitrogen and oxygen atoms in total. The van der Waals surface area contributed by atoms with Crippen LogP contribution in [0.25, 0.3) is 0 Å². The summed E-state index contributed by atoms with van der Waals surface area (Å²) in [7, 11) is -3.53. The molecule has 0 aromatic heterocycles. The Balaban J connectivity index is 0.00000144. The van der Waals surface area contributed by atoms with Gasteiger partial charge in [-0.05, 0) is 30.9 Å².